The Kier molecular flexibility index (Phi) is 5.42. The van der Waals surface area contributed by atoms with Gasteiger partial charge in [-0.2, -0.15) is 4.52 Å². The van der Waals surface area contributed by atoms with Crippen molar-refractivity contribution in [3.8, 4) is 11.3 Å². The van der Waals surface area contributed by atoms with Gasteiger partial charge in [-0.3, -0.25) is 0 Å². The lowest BCUT2D eigenvalue weighted by Crippen LogP contribution is -2.46. The Morgan fingerprint density at radius 1 is 1.03 bits per heavy atom. The van der Waals surface area contributed by atoms with Gasteiger partial charge in [0.15, 0.2) is 5.82 Å². The van der Waals surface area contributed by atoms with Crippen LogP contribution in [0.15, 0.2) is 30.3 Å². The van der Waals surface area contributed by atoms with Crippen molar-refractivity contribution in [3.05, 3.63) is 30.3 Å². The van der Waals surface area contributed by atoms with Gasteiger partial charge in [-0.15, -0.1) is 5.10 Å². The number of anilines is 2. The van der Waals surface area contributed by atoms with Crippen molar-refractivity contribution in [3.63, 3.8) is 0 Å². The van der Waals surface area contributed by atoms with Crippen molar-refractivity contribution in [2.75, 3.05) is 42.9 Å². The van der Waals surface area contributed by atoms with Gasteiger partial charge in [0, 0.05) is 37.8 Å². The molecule has 29 heavy (non-hydrogen) atoms. The minimum atomic E-state index is 0.518. The third-order valence-electron chi connectivity index (χ3n) is 6.28. The number of aromatic nitrogens is 3. The van der Waals surface area contributed by atoms with E-state index in [1.165, 1.54) is 32.1 Å². The Hall–Kier alpha value is -2.12. The largest absolute Gasteiger partial charge is 0.365 e. The van der Waals surface area contributed by atoms with Crippen molar-refractivity contribution in [1.82, 2.24) is 19.5 Å². The average molecular weight is 411 g/mol. The number of piperazine rings is 1. The Morgan fingerprint density at radius 2 is 1.79 bits per heavy atom. The van der Waals surface area contributed by atoms with E-state index in [0.717, 1.165) is 59.9 Å². The van der Waals surface area contributed by atoms with Gasteiger partial charge in [-0.05, 0) is 19.4 Å². The topological polar surface area (TPSA) is 48.7 Å². The summed E-state index contributed by atoms with van der Waals surface area (Å²) in [6.45, 7) is 7.68. The molecule has 0 amide bonds. The van der Waals surface area contributed by atoms with Gasteiger partial charge >= 0.3 is 0 Å². The minimum Gasteiger partial charge on any atom is -0.365 e. The summed E-state index contributed by atoms with van der Waals surface area (Å²) in [4.78, 5) is 10.9. The zero-order valence-corrected chi connectivity index (χ0v) is 18.0. The van der Waals surface area contributed by atoms with Crippen LogP contribution in [0.1, 0.15) is 39.0 Å². The average Bonchev–Trinajstić information content (AvgIpc) is 3.34. The molecule has 7 heteroatoms. The molecule has 1 N–H and O–H groups in total. The maximum absolute atomic E-state index is 5.02. The monoisotopic (exact) mass is 410 g/mol. The summed E-state index contributed by atoms with van der Waals surface area (Å²) in [5.41, 5.74) is 2.18. The molecule has 0 radical (unpaired) electrons. The molecular weight excluding hydrogens is 380 g/mol. The third kappa shape index (κ3) is 3.85. The molecule has 6 nitrogen and oxygen atoms in total. The van der Waals surface area contributed by atoms with Gasteiger partial charge in [0.2, 0.25) is 10.1 Å². The Labute approximate surface area is 176 Å². The third-order valence-corrected chi connectivity index (χ3v) is 7.25. The highest BCUT2D eigenvalue weighted by Gasteiger charge is 2.24. The highest BCUT2D eigenvalue weighted by molar-refractivity contribution is 7.20. The van der Waals surface area contributed by atoms with Gasteiger partial charge in [-0.1, -0.05) is 67.9 Å². The predicted molar refractivity (Wildman–Crippen MR) is 121 cm³/mol. The summed E-state index contributed by atoms with van der Waals surface area (Å²) in [5.74, 6) is 1.06. The van der Waals surface area contributed by atoms with Crippen molar-refractivity contribution in [2.45, 2.75) is 45.1 Å². The normalized spacial score (nSPS) is 19.1. The van der Waals surface area contributed by atoms with E-state index in [-0.39, 0.29) is 0 Å². The fourth-order valence-electron chi connectivity index (χ4n) is 4.49. The van der Waals surface area contributed by atoms with Crippen molar-refractivity contribution < 1.29 is 0 Å². The van der Waals surface area contributed by atoms with Crippen molar-refractivity contribution >= 4 is 27.2 Å². The van der Waals surface area contributed by atoms with E-state index < -0.39 is 0 Å². The zero-order valence-electron chi connectivity index (χ0n) is 17.2. The summed E-state index contributed by atoms with van der Waals surface area (Å²) in [7, 11) is 0. The zero-order chi connectivity index (χ0) is 19.6. The fourth-order valence-corrected chi connectivity index (χ4v) is 5.44. The number of nitrogens with one attached hydrogen (secondary N) is 1. The lowest BCUT2D eigenvalue weighted by molar-refractivity contribution is 0.271. The summed E-state index contributed by atoms with van der Waals surface area (Å²) in [6, 6.07) is 11.0. The lowest BCUT2D eigenvalue weighted by Gasteiger charge is -2.33. The molecule has 5 rings (SSSR count). The number of hydrogen-bond donors (Lipinski definition) is 1. The number of benzene rings is 1. The van der Waals surface area contributed by atoms with E-state index in [9.17, 15) is 0 Å². The van der Waals surface area contributed by atoms with Crippen LogP contribution in [0.3, 0.4) is 0 Å². The van der Waals surface area contributed by atoms with E-state index >= 15 is 0 Å². The summed E-state index contributed by atoms with van der Waals surface area (Å²) >= 11 is 1.71. The van der Waals surface area contributed by atoms with Crippen LogP contribution in [-0.4, -0.2) is 58.3 Å². The van der Waals surface area contributed by atoms with Crippen LogP contribution >= 0.6 is 11.3 Å². The smallest absolute Gasteiger partial charge is 0.216 e. The van der Waals surface area contributed by atoms with Gasteiger partial charge < -0.3 is 15.1 Å². The van der Waals surface area contributed by atoms with E-state index in [1.54, 1.807) is 11.3 Å². The molecule has 3 aromatic rings. The second-order valence-electron chi connectivity index (χ2n) is 8.15. The molecule has 3 heterocycles. The fraction of sp³-hybridized carbons (Fsp3) is 0.545. The van der Waals surface area contributed by atoms with Crippen LogP contribution in [-0.2, 0) is 0 Å². The number of hydrogen-bond acceptors (Lipinski definition) is 6. The maximum Gasteiger partial charge on any atom is 0.216 e. The van der Waals surface area contributed by atoms with Crippen molar-refractivity contribution in [1.29, 1.82) is 0 Å². The molecule has 2 aromatic heterocycles. The second kappa shape index (κ2) is 8.32. The first-order valence-electron chi connectivity index (χ1n) is 11.0. The van der Waals surface area contributed by atoms with E-state index in [2.05, 4.69) is 56.9 Å². The van der Waals surface area contributed by atoms with Crippen LogP contribution in [0.5, 0.6) is 0 Å². The summed E-state index contributed by atoms with van der Waals surface area (Å²) in [6.07, 6.45) is 6.44. The maximum atomic E-state index is 5.02. The Morgan fingerprint density at radius 3 is 2.52 bits per heavy atom. The standard InChI is InChI=1S/C22H30N6S/c1-2-26-13-15-27(16-14-26)22-25-28-20(23-18-11-7-4-8-12-18)19(24-21(28)29-22)17-9-5-3-6-10-17/h3,5-6,9-10,18,23H,2,4,7-8,11-16H2,1H3. The van der Waals surface area contributed by atoms with Crippen LogP contribution in [0.2, 0.25) is 0 Å². The van der Waals surface area contributed by atoms with E-state index in [1.807, 2.05) is 0 Å². The number of likely N-dealkylation sites (N-methyl/N-ethyl adjacent to an activating group) is 1. The molecule has 1 aliphatic carbocycles. The van der Waals surface area contributed by atoms with Crippen molar-refractivity contribution in [2.24, 2.45) is 0 Å². The Bertz CT molecular complexity index is 935. The molecule has 154 valence electrons. The van der Waals surface area contributed by atoms with Crippen LogP contribution in [0, 0.1) is 0 Å². The molecule has 2 aliphatic rings. The van der Waals surface area contributed by atoms with E-state index in [4.69, 9.17) is 10.1 Å². The first kappa shape index (κ1) is 18.9. The molecule has 0 atom stereocenters. The molecule has 1 saturated carbocycles. The van der Waals surface area contributed by atoms with Gasteiger partial charge in [0.25, 0.3) is 0 Å². The number of imidazole rings is 1. The molecule has 2 fully saturated rings. The summed E-state index contributed by atoms with van der Waals surface area (Å²) < 4.78 is 2.06. The summed E-state index contributed by atoms with van der Waals surface area (Å²) in [5, 5.41) is 9.93. The minimum absolute atomic E-state index is 0.518. The molecule has 1 saturated heterocycles. The van der Waals surface area contributed by atoms with Crippen LogP contribution < -0.4 is 10.2 Å². The first-order chi connectivity index (χ1) is 14.3. The second-order valence-corrected chi connectivity index (χ2v) is 9.09. The lowest BCUT2D eigenvalue weighted by atomic mass is 9.95. The molecule has 1 aromatic carbocycles. The van der Waals surface area contributed by atoms with Gasteiger partial charge in [-0.25, -0.2) is 4.98 Å². The molecule has 0 spiro atoms. The molecular formula is C22H30N6S. The van der Waals surface area contributed by atoms with Crippen LogP contribution in [0.4, 0.5) is 10.9 Å². The van der Waals surface area contributed by atoms with Gasteiger partial charge in [0.1, 0.15) is 5.69 Å². The molecule has 1 aliphatic heterocycles. The SMILES string of the molecule is CCN1CCN(c2nn3c(NC4CCCCC4)c(-c4ccccc4)nc3s2)CC1. The predicted octanol–water partition coefficient (Wildman–Crippen LogP) is 4.34. The highest BCUT2D eigenvalue weighted by Crippen LogP contribution is 2.35. The highest BCUT2D eigenvalue weighted by atomic mass is 32.1. The Balaban J connectivity index is 1.48. The molecule has 0 bridgehead atoms. The number of fused-ring (bicyclic) bond motifs is 1. The number of nitrogens with zero attached hydrogens (tertiary/aromatic N) is 5. The van der Waals surface area contributed by atoms with Crippen LogP contribution in [0.25, 0.3) is 16.2 Å². The number of rotatable bonds is 5. The first-order valence-corrected chi connectivity index (χ1v) is 11.8. The van der Waals surface area contributed by atoms with E-state index in [0.29, 0.717) is 6.04 Å². The van der Waals surface area contributed by atoms with Gasteiger partial charge in [0.05, 0.1) is 0 Å². The molecule has 0 unspecified atom stereocenters. The quantitative estimate of drug-likeness (QED) is 0.678.